The van der Waals surface area contributed by atoms with Crippen LogP contribution in [0.15, 0.2) is 60.7 Å². The van der Waals surface area contributed by atoms with Gasteiger partial charge in [-0.05, 0) is 48.4 Å². The topological polar surface area (TPSA) is 84.9 Å². The summed E-state index contributed by atoms with van der Waals surface area (Å²) >= 11 is 0. The lowest BCUT2D eigenvalue weighted by Gasteiger charge is -2.30. The average Bonchev–Trinajstić information content (AvgIpc) is 3.27. The summed E-state index contributed by atoms with van der Waals surface area (Å²) in [7, 11) is 3.10. The lowest BCUT2D eigenvalue weighted by atomic mass is 10.0. The highest BCUT2D eigenvalue weighted by atomic mass is 19.1. The minimum absolute atomic E-state index is 0.0205. The zero-order chi connectivity index (χ0) is 29.4. The maximum atomic E-state index is 14.8. The van der Waals surface area contributed by atoms with Gasteiger partial charge >= 0.3 is 0 Å². The number of amides is 2. The molecular weight excluding hydrogens is 542 g/mol. The van der Waals surface area contributed by atoms with Crippen molar-refractivity contribution in [1.29, 1.82) is 0 Å². The number of likely N-dealkylation sites (tertiary alicyclic amines) is 1. The molecule has 8 nitrogen and oxygen atoms in total. The van der Waals surface area contributed by atoms with Crippen LogP contribution in [0.25, 0.3) is 11.4 Å². The van der Waals surface area contributed by atoms with E-state index in [9.17, 15) is 18.4 Å². The Balaban J connectivity index is 1.36. The number of hydrogen-bond donors (Lipinski definition) is 0. The molecule has 0 saturated carbocycles. The van der Waals surface area contributed by atoms with E-state index in [1.54, 1.807) is 48.3 Å². The van der Waals surface area contributed by atoms with Gasteiger partial charge in [-0.2, -0.15) is 0 Å². The fraction of sp³-hybridized carbons (Fsp3) is 0.250. The van der Waals surface area contributed by atoms with Crippen molar-refractivity contribution in [2.24, 2.45) is 0 Å². The summed E-state index contributed by atoms with van der Waals surface area (Å²) in [5.74, 6) is -0.838. The fourth-order valence-electron chi connectivity index (χ4n) is 5.26. The second-order valence-electron chi connectivity index (χ2n) is 10.3. The SMILES string of the molecule is COc1ccc(CN2Cc3nc(-c4c(F)cccc4F)nc(Cc4ccc(C(=O)N5CCC5)cc4)c3C2=O)c(OC)c1. The molecule has 3 heterocycles. The molecule has 1 aromatic heterocycles. The van der Waals surface area contributed by atoms with Gasteiger partial charge in [0.1, 0.15) is 23.1 Å². The van der Waals surface area contributed by atoms with Crippen molar-refractivity contribution in [2.75, 3.05) is 27.3 Å². The van der Waals surface area contributed by atoms with E-state index in [0.717, 1.165) is 42.8 Å². The molecule has 1 saturated heterocycles. The van der Waals surface area contributed by atoms with Gasteiger partial charge < -0.3 is 19.3 Å². The van der Waals surface area contributed by atoms with Crippen molar-refractivity contribution in [3.05, 3.63) is 106 Å². The number of carbonyl (C=O) groups excluding carboxylic acids is 2. The Morgan fingerprint density at radius 1 is 0.929 bits per heavy atom. The third-order valence-corrected chi connectivity index (χ3v) is 7.66. The Bertz CT molecular complexity index is 1670. The van der Waals surface area contributed by atoms with Gasteiger partial charge in [0.25, 0.3) is 11.8 Å². The molecule has 0 radical (unpaired) electrons. The van der Waals surface area contributed by atoms with Crippen LogP contribution in [-0.2, 0) is 19.5 Å². The van der Waals surface area contributed by atoms with Crippen LogP contribution < -0.4 is 9.47 Å². The van der Waals surface area contributed by atoms with Crippen LogP contribution in [0.1, 0.15) is 49.7 Å². The number of fused-ring (bicyclic) bond motifs is 1. The third-order valence-electron chi connectivity index (χ3n) is 7.66. The molecule has 42 heavy (non-hydrogen) atoms. The molecule has 0 bridgehead atoms. The zero-order valence-corrected chi connectivity index (χ0v) is 23.2. The van der Waals surface area contributed by atoms with Crippen LogP contribution in [0.3, 0.4) is 0 Å². The Kier molecular flexibility index (Phi) is 7.28. The molecule has 1 fully saturated rings. The van der Waals surface area contributed by atoms with Crippen molar-refractivity contribution in [2.45, 2.75) is 25.9 Å². The molecule has 0 unspecified atom stereocenters. The van der Waals surface area contributed by atoms with Crippen LogP contribution in [0.2, 0.25) is 0 Å². The molecular formula is C32H28F2N4O4. The molecule has 6 rings (SSSR count). The number of methoxy groups -OCH3 is 2. The first-order valence-corrected chi connectivity index (χ1v) is 13.6. The summed E-state index contributed by atoms with van der Waals surface area (Å²) in [6.07, 6.45) is 1.21. The zero-order valence-electron chi connectivity index (χ0n) is 23.2. The molecule has 0 N–H and O–H groups in total. The molecule has 0 aliphatic carbocycles. The lowest BCUT2D eigenvalue weighted by Crippen LogP contribution is -2.41. The smallest absolute Gasteiger partial charge is 0.258 e. The molecule has 0 spiro atoms. The standard InChI is InChI=1S/C32H28F2N4O4/c1-41-22-12-11-21(27(16-22)42-2)17-38-18-26-29(32(38)40)25(35-30(36-26)28-23(33)5-3-6-24(28)34)15-19-7-9-20(10-8-19)31(39)37-13-4-14-37/h3,5-12,16H,4,13-15,17-18H2,1-2H3. The number of aromatic nitrogens is 2. The van der Waals surface area contributed by atoms with Gasteiger partial charge in [0, 0.05) is 36.7 Å². The monoisotopic (exact) mass is 570 g/mol. The lowest BCUT2D eigenvalue weighted by molar-refractivity contribution is 0.0651. The van der Waals surface area contributed by atoms with E-state index in [2.05, 4.69) is 9.97 Å². The predicted molar refractivity (Wildman–Crippen MR) is 150 cm³/mol. The first-order valence-electron chi connectivity index (χ1n) is 13.6. The van der Waals surface area contributed by atoms with Gasteiger partial charge in [-0.3, -0.25) is 9.59 Å². The minimum Gasteiger partial charge on any atom is -0.497 e. The normalized spacial score (nSPS) is 14.0. The van der Waals surface area contributed by atoms with E-state index >= 15 is 0 Å². The number of halogens is 2. The predicted octanol–water partition coefficient (Wildman–Crippen LogP) is 5.03. The van der Waals surface area contributed by atoms with Gasteiger partial charge in [-0.15, -0.1) is 0 Å². The summed E-state index contributed by atoms with van der Waals surface area (Å²) in [6, 6.07) is 16.0. The van der Waals surface area contributed by atoms with Crippen molar-refractivity contribution < 1.29 is 27.8 Å². The summed E-state index contributed by atoms with van der Waals surface area (Å²) in [6.45, 7) is 1.86. The van der Waals surface area contributed by atoms with E-state index in [4.69, 9.17) is 9.47 Å². The van der Waals surface area contributed by atoms with Crippen LogP contribution in [0.5, 0.6) is 11.5 Å². The van der Waals surface area contributed by atoms with Crippen molar-refractivity contribution >= 4 is 11.8 Å². The van der Waals surface area contributed by atoms with Crippen LogP contribution in [-0.4, -0.2) is 58.9 Å². The van der Waals surface area contributed by atoms with Gasteiger partial charge in [-0.25, -0.2) is 18.7 Å². The Morgan fingerprint density at radius 2 is 1.67 bits per heavy atom. The van der Waals surface area contributed by atoms with Crippen LogP contribution in [0, 0.1) is 11.6 Å². The number of benzene rings is 3. The van der Waals surface area contributed by atoms with E-state index in [1.807, 2.05) is 18.2 Å². The first-order chi connectivity index (χ1) is 20.4. The summed E-state index contributed by atoms with van der Waals surface area (Å²) in [5, 5.41) is 0. The van der Waals surface area contributed by atoms with Crippen LogP contribution in [0.4, 0.5) is 8.78 Å². The highest BCUT2D eigenvalue weighted by Crippen LogP contribution is 2.33. The number of hydrogen-bond acceptors (Lipinski definition) is 6. The number of ether oxygens (including phenoxy) is 2. The maximum Gasteiger partial charge on any atom is 0.258 e. The number of carbonyl (C=O) groups is 2. The van der Waals surface area contributed by atoms with Gasteiger partial charge in [0.15, 0.2) is 5.82 Å². The highest BCUT2D eigenvalue weighted by molar-refractivity contribution is 5.99. The quantitative estimate of drug-likeness (QED) is 0.296. The van der Waals surface area contributed by atoms with E-state index in [0.29, 0.717) is 34.0 Å². The van der Waals surface area contributed by atoms with Gasteiger partial charge in [0.05, 0.1) is 49.8 Å². The number of rotatable bonds is 8. The van der Waals surface area contributed by atoms with Gasteiger partial charge in [0.2, 0.25) is 0 Å². The number of nitrogens with zero attached hydrogens (tertiary/aromatic N) is 4. The van der Waals surface area contributed by atoms with E-state index in [-0.39, 0.29) is 42.7 Å². The second-order valence-corrected chi connectivity index (χ2v) is 10.3. The molecule has 4 aromatic rings. The summed E-state index contributed by atoms with van der Waals surface area (Å²) < 4.78 is 40.4. The van der Waals surface area contributed by atoms with Crippen molar-refractivity contribution in [3.63, 3.8) is 0 Å². The Morgan fingerprint density at radius 3 is 2.31 bits per heavy atom. The first kappa shape index (κ1) is 27.3. The molecule has 2 amide bonds. The van der Waals surface area contributed by atoms with E-state index in [1.165, 1.54) is 6.07 Å². The van der Waals surface area contributed by atoms with Crippen LogP contribution >= 0.6 is 0 Å². The minimum atomic E-state index is -0.793. The van der Waals surface area contributed by atoms with Crippen molar-refractivity contribution in [3.8, 4) is 22.9 Å². The Labute approximate surface area is 241 Å². The maximum absolute atomic E-state index is 14.8. The summed E-state index contributed by atoms with van der Waals surface area (Å²) in [4.78, 5) is 38.7. The summed E-state index contributed by atoms with van der Waals surface area (Å²) in [5.41, 5.74) is 2.84. The highest BCUT2D eigenvalue weighted by Gasteiger charge is 2.34. The fourth-order valence-corrected chi connectivity index (χ4v) is 5.26. The van der Waals surface area contributed by atoms with Gasteiger partial charge in [-0.1, -0.05) is 18.2 Å². The third kappa shape index (κ3) is 5.04. The Hall–Kier alpha value is -4.86. The van der Waals surface area contributed by atoms with E-state index < -0.39 is 11.6 Å². The molecule has 3 aromatic carbocycles. The van der Waals surface area contributed by atoms with Crippen molar-refractivity contribution in [1.82, 2.24) is 19.8 Å². The molecule has 0 atom stereocenters. The average molecular weight is 571 g/mol. The molecule has 10 heteroatoms. The molecule has 214 valence electrons. The largest absolute Gasteiger partial charge is 0.497 e. The molecule has 2 aliphatic rings. The molecule has 2 aliphatic heterocycles. The second kappa shape index (κ2) is 11.2.